The number of aliphatic hydroxyl groups is 2. The Bertz CT molecular complexity index is 1140. The molecule has 0 radical (unpaired) electrons. The number of hydrogen-bond acceptors (Lipinski definition) is 5. The normalized spacial score (nSPS) is 23.2. The summed E-state index contributed by atoms with van der Waals surface area (Å²) < 4.78 is 40.0. The van der Waals surface area contributed by atoms with Crippen molar-refractivity contribution in [3.8, 4) is 0 Å². The molecule has 1 aromatic carbocycles. The molecule has 0 aliphatic carbocycles. The van der Waals surface area contributed by atoms with Crippen LogP contribution < -0.4 is 9.80 Å². The Kier molecular flexibility index (Phi) is 6.06. The van der Waals surface area contributed by atoms with E-state index in [0.717, 1.165) is 6.07 Å². The standard InChI is InChI=1S/C21H18Cl2F3N3O4/c1-9-5-10(21(24,25)26)6-15(27-9)29-16(17(30)18(31)20(29)33)19(32)28-4-2-3-12-13(23)7-11(22)8-14(12)28/h5-8,16-18,30-31H,2-4H2,1H3/t16-,17-,18-/m0/s1. The van der Waals surface area contributed by atoms with Crippen molar-refractivity contribution in [2.45, 2.75) is 44.2 Å². The van der Waals surface area contributed by atoms with Crippen molar-refractivity contribution in [3.63, 3.8) is 0 Å². The molecule has 3 heterocycles. The third kappa shape index (κ3) is 4.16. The predicted molar refractivity (Wildman–Crippen MR) is 114 cm³/mol. The number of alkyl halides is 3. The van der Waals surface area contributed by atoms with Gasteiger partial charge in [0.2, 0.25) is 0 Å². The van der Waals surface area contributed by atoms with Gasteiger partial charge in [-0.2, -0.15) is 13.2 Å². The lowest BCUT2D eigenvalue weighted by atomic mass is 9.99. The number of hydrogen-bond donors (Lipinski definition) is 2. The van der Waals surface area contributed by atoms with Crippen molar-refractivity contribution >= 4 is 46.5 Å². The van der Waals surface area contributed by atoms with Gasteiger partial charge in [0.15, 0.2) is 6.10 Å². The van der Waals surface area contributed by atoms with E-state index in [1.807, 2.05) is 0 Å². The van der Waals surface area contributed by atoms with Gasteiger partial charge in [-0.15, -0.1) is 0 Å². The molecule has 4 rings (SSSR count). The Balaban J connectivity index is 1.80. The number of carbonyl (C=O) groups is 2. The zero-order chi connectivity index (χ0) is 24.2. The van der Waals surface area contributed by atoms with Crippen molar-refractivity contribution in [2.24, 2.45) is 0 Å². The highest BCUT2D eigenvalue weighted by atomic mass is 35.5. The van der Waals surface area contributed by atoms with Crippen LogP contribution in [-0.2, 0) is 22.2 Å². The monoisotopic (exact) mass is 503 g/mol. The van der Waals surface area contributed by atoms with Crippen molar-refractivity contribution in [1.29, 1.82) is 0 Å². The van der Waals surface area contributed by atoms with Crippen LogP contribution in [0.5, 0.6) is 0 Å². The van der Waals surface area contributed by atoms with Crippen molar-refractivity contribution in [3.05, 3.63) is 51.1 Å². The highest BCUT2D eigenvalue weighted by Crippen LogP contribution is 2.38. The summed E-state index contributed by atoms with van der Waals surface area (Å²) in [5, 5.41) is 21.3. The molecule has 33 heavy (non-hydrogen) atoms. The molecule has 2 N–H and O–H groups in total. The van der Waals surface area contributed by atoms with Crippen LogP contribution in [-0.4, -0.2) is 51.8 Å². The lowest BCUT2D eigenvalue weighted by Crippen LogP contribution is -2.52. The third-order valence-electron chi connectivity index (χ3n) is 5.68. The minimum Gasteiger partial charge on any atom is -0.387 e. The predicted octanol–water partition coefficient (Wildman–Crippen LogP) is 3.13. The van der Waals surface area contributed by atoms with Gasteiger partial charge < -0.3 is 15.1 Å². The molecule has 1 saturated heterocycles. The maximum absolute atomic E-state index is 13.6. The lowest BCUT2D eigenvalue weighted by molar-refractivity contribution is -0.137. The number of aromatic nitrogens is 1. The molecule has 3 atom stereocenters. The molecule has 2 amide bonds. The number of amides is 2. The number of rotatable bonds is 2. The SMILES string of the molecule is Cc1cc(C(F)(F)F)cc(N2C(=O)[C@@H](O)[C@@H](O)[C@H]2C(=O)N2CCCc3c(Cl)cc(Cl)cc32)n1. The van der Waals surface area contributed by atoms with Crippen molar-refractivity contribution in [2.75, 3.05) is 16.3 Å². The van der Waals surface area contributed by atoms with Crippen LogP contribution in [0.3, 0.4) is 0 Å². The summed E-state index contributed by atoms with van der Waals surface area (Å²) in [7, 11) is 0. The lowest BCUT2D eigenvalue weighted by Gasteiger charge is -2.35. The maximum Gasteiger partial charge on any atom is 0.416 e. The molecule has 0 unspecified atom stereocenters. The van der Waals surface area contributed by atoms with Crippen molar-refractivity contribution < 1.29 is 33.0 Å². The molecule has 12 heteroatoms. The Hall–Kier alpha value is -2.40. The summed E-state index contributed by atoms with van der Waals surface area (Å²) in [5.41, 5.74) is -0.129. The van der Waals surface area contributed by atoms with Gasteiger partial charge in [0.05, 0.1) is 5.56 Å². The third-order valence-corrected chi connectivity index (χ3v) is 6.24. The van der Waals surface area contributed by atoms with Crippen LogP contribution in [0.15, 0.2) is 24.3 Å². The summed E-state index contributed by atoms with van der Waals surface area (Å²) in [4.78, 5) is 32.1. The van der Waals surface area contributed by atoms with E-state index in [0.29, 0.717) is 40.1 Å². The Morgan fingerprint density at radius 2 is 1.88 bits per heavy atom. The van der Waals surface area contributed by atoms with Crippen LogP contribution in [0.1, 0.15) is 23.2 Å². The largest absolute Gasteiger partial charge is 0.416 e. The minimum absolute atomic E-state index is 0.0587. The van der Waals surface area contributed by atoms with Crippen LogP contribution >= 0.6 is 23.2 Å². The summed E-state index contributed by atoms with van der Waals surface area (Å²) in [6, 6.07) is 2.73. The molecule has 176 valence electrons. The fourth-order valence-electron chi connectivity index (χ4n) is 4.20. The van der Waals surface area contributed by atoms with E-state index in [9.17, 15) is 33.0 Å². The highest BCUT2D eigenvalue weighted by molar-refractivity contribution is 6.36. The second kappa shape index (κ2) is 8.43. The van der Waals surface area contributed by atoms with Crippen molar-refractivity contribution in [1.82, 2.24) is 4.98 Å². The zero-order valence-electron chi connectivity index (χ0n) is 17.1. The first-order valence-electron chi connectivity index (χ1n) is 9.94. The summed E-state index contributed by atoms with van der Waals surface area (Å²) in [6.45, 7) is 1.49. The molecular weight excluding hydrogens is 486 g/mol. The summed E-state index contributed by atoms with van der Waals surface area (Å²) in [5.74, 6) is -2.43. The average Bonchev–Trinajstić information content (AvgIpc) is 2.95. The molecule has 1 fully saturated rings. The molecule has 2 aromatic rings. The van der Waals surface area contributed by atoms with Crippen LogP contribution in [0, 0.1) is 6.92 Å². The molecule has 1 aromatic heterocycles. The summed E-state index contributed by atoms with van der Waals surface area (Å²) >= 11 is 12.4. The summed E-state index contributed by atoms with van der Waals surface area (Å²) in [6.07, 6.45) is -7.56. The topological polar surface area (TPSA) is 94.0 Å². The second-order valence-electron chi connectivity index (χ2n) is 7.92. The Morgan fingerprint density at radius 1 is 1.18 bits per heavy atom. The first-order chi connectivity index (χ1) is 15.4. The first kappa shape index (κ1) is 23.7. The first-order valence-corrected chi connectivity index (χ1v) is 10.7. The van der Waals surface area contributed by atoms with Gasteiger partial charge in [0.25, 0.3) is 11.8 Å². The van der Waals surface area contributed by atoms with E-state index in [1.165, 1.54) is 24.0 Å². The molecule has 0 spiro atoms. The van der Waals surface area contributed by atoms with Gasteiger partial charge >= 0.3 is 6.18 Å². The van der Waals surface area contributed by atoms with Crippen LogP contribution in [0.25, 0.3) is 0 Å². The van der Waals surface area contributed by atoms with E-state index in [4.69, 9.17) is 23.2 Å². The molecule has 7 nitrogen and oxygen atoms in total. The van der Waals surface area contributed by atoms with Gasteiger partial charge in [0, 0.05) is 28.0 Å². The molecule has 2 aliphatic heterocycles. The zero-order valence-corrected chi connectivity index (χ0v) is 18.6. The maximum atomic E-state index is 13.6. The van der Waals surface area contributed by atoms with Gasteiger partial charge in [-0.1, -0.05) is 23.2 Å². The van der Waals surface area contributed by atoms with Gasteiger partial charge in [-0.05, 0) is 49.6 Å². The minimum atomic E-state index is -4.73. The molecule has 2 aliphatic rings. The fraction of sp³-hybridized carbons (Fsp3) is 0.381. The fourth-order valence-corrected chi connectivity index (χ4v) is 4.78. The van der Waals surface area contributed by atoms with Crippen LogP contribution in [0.4, 0.5) is 24.7 Å². The number of aliphatic hydroxyl groups excluding tert-OH is 2. The number of aryl methyl sites for hydroxylation is 1. The second-order valence-corrected chi connectivity index (χ2v) is 8.76. The van der Waals surface area contributed by atoms with E-state index < -0.39 is 47.6 Å². The number of benzene rings is 1. The van der Waals surface area contributed by atoms with Crippen LogP contribution in [0.2, 0.25) is 10.0 Å². The molecule has 0 saturated carbocycles. The quantitative estimate of drug-likeness (QED) is 0.656. The highest BCUT2D eigenvalue weighted by Gasteiger charge is 2.53. The number of fused-ring (bicyclic) bond motifs is 1. The smallest absolute Gasteiger partial charge is 0.387 e. The number of carbonyl (C=O) groups excluding carboxylic acids is 2. The van der Waals surface area contributed by atoms with E-state index in [1.54, 1.807) is 0 Å². The van der Waals surface area contributed by atoms with Gasteiger partial charge in [-0.25, -0.2) is 4.98 Å². The Labute approximate surface area is 196 Å². The number of nitrogens with zero attached hydrogens (tertiary/aromatic N) is 3. The molecular formula is C21H18Cl2F3N3O4. The van der Waals surface area contributed by atoms with E-state index >= 15 is 0 Å². The van der Waals surface area contributed by atoms with E-state index in [-0.39, 0.29) is 17.3 Å². The van der Waals surface area contributed by atoms with E-state index in [2.05, 4.69) is 4.98 Å². The Morgan fingerprint density at radius 3 is 2.55 bits per heavy atom. The van der Waals surface area contributed by atoms with Gasteiger partial charge in [-0.3, -0.25) is 14.5 Å². The van der Waals surface area contributed by atoms with Gasteiger partial charge in [0.1, 0.15) is 18.0 Å². The number of pyridine rings is 1. The number of halogens is 5. The number of anilines is 2. The molecule has 0 bridgehead atoms. The average molecular weight is 504 g/mol.